The van der Waals surface area contributed by atoms with E-state index in [1.165, 1.54) is 0 Å². The first kappa shape index (κ1) is 12.8. The maximum absolute atomic E-state index is 5.79. The quantitative estimate of drug-likeness (QED) is 0.749. The van der Waals surface area contributed by atoms with Crippen LogP contribution in [-0.2, 0) is 6.54 Å². The average molecular weight is 285 g/mol. The lowest BCUT2D eigenvalue weighted by Crippen LogP contribution is -2.18. The molecule has 3 rings (SSSR count). The Balaban J connectivity index is 1.96. The Hall–Kier alpha value is -2.21. The topological polar surface area (TPSA) is 67.9 Å². The van der Waals surface area contributed by atoms with Crippen LogP contribution < -0.4 is 10.6 Å². The summed E-state index contributed by atoms with van der Waals surface area (Å²) in [6.07, 6.45) is 1.57. The number of nitrogens with zero attached hydrogens (tertiary/aromatic N) is 4. The Morgan fingerprint density at radius 2 is 2.15 bits per heavy atom. The van der Waals surface area contributed by atoms with E-state index >= 15 is 0 Å². The highest BCUT2D eigenvalue weighted by Crippen LogP contribution is 2.24. The van der Waals surface area contributed by atoms with E-state index in [4.69, 9.17) is 5.73 Å². The van der Waals surface area contributed by atoms with Crippen molar-refractivity contribution in [3.05, 3.63) is 40.6 Å². The Bertz CT molecular complexity index is 752. The summed E-state index contributed by atoms with van der Waals surface area (Å²) < 4.78 is 0. The molecule has 1 aromatic carbocycles. The number of hydrogen-bond acceptors (Lipinski definition) is 6. The molecule has 5 nitrogen and oxygen atoms in total. The van der Waals surface area contributed by atoms with E-state index in [0.717, 1.165) is 34.0 Å². The van der Waals surface area contributed by atoms with Gasteiger partial charge in [-0.3, -0.25) is 0 Å². The molecule has 20 heavy (non-hydrogen) atoms. The summed E-state index contributed by atoms with van der Waals surface area (Å²) in [5, 5.41) is 4.15. The number of hydrogen-bond donors (Lipinski definition) is 1. The Labute approximate surface area is 121 Å². The summed E-state index contributed by atoms with van der Waals surface area (Å²) in [5.74, 6) is 0.889. The Morgan fingerprint density at radius 3 is 2.90 bits per heavy atom. The molecule has 0 unspecified atom stereocenters. The van der Waals surface area contributed by atoms with Gasteiger partial charge in [0, 0.05) is 23.5 Å². The SMILES string of the molecule is Cc1nc(CN(C)c2ncnc3cc(N)ccc23)cs1. The van der Waals surface area contributed by atoms with Gasteiger partial charge in [-0.2, -0.15) is 0 Å². The van der Waals surface area contributed by atoms with Crippen molar-refractivity contribution < 1.29 is 0 Å². The van der Waals surface area contributed by atoms with Crippen LogP contribution in [0.3, 0.4) is 0 Å². The molecule has 2 N–H and O–H groups in total. The average Bonchev–Trinajstić information content (AvgIpc) is 2.83. The van der Waals surface area contributed by atoms with E-state index in [-0.39, 0.29) is 0 Å². The fraction of sp³-hybridized carbons (Fsp3) is 0.214. The molecule has 0 fully saturated rings. The minimum atomic E-state index is 0.708. The van der Waals surface area contributed by atoms with Crippen molar-refractivity contribution in [1.82, 2.24) is 15.0 Å². The van der Waals surface area contributed by atoms with E-state index in [0.29, 0.717) is 5.69 Å². The maximum Gasteiger partial charge on any atom is 0.139 e. The highest BCUT2D eigenvalue weighted by Gasteiger charge is 2.10. The van der Waals surface area contributed by atoms with Gasteiger partial charge in [0.2, 0.25) is 0 Å². The Morgan fingerprint density at radius 1 is 1.30 bits per heavy atom. The second-order valence-electron chi connectivity index (χ2n) is 4.69. The molecule has 2 aromatic heterocycles. The zero-order chi connectivity index (χ0) is 14.1. The summed E-state index contributed by atoms with van der Waals surface area (Å²) in [5.41, 5.74) is 8.41. The van der Waals surface area contributed by atoms with Gasteiger partial charge in [-0.1, -0.05) is 0 Å². The van der Waals surface area contributed by atoms with Crippen LogP contribution in [-0.4, -0.2) is 22.0 Å². The monoisotopic (exact) mass is 285 g/mol. The van der Waals surface area contributed by atoms with Crippen LogP contribution in [0.4, 0.5) is 11.5 Å². The largest absolute Gasteiger partial charge is 0.399 e. The number of aromatic nitrogens is 3. The molecule has 0 saturated heterocycles. The summed E-state index contributed by atoms with van der Waals surface area (Å²) in [6, 6.07) is 5.69. The predicted molar refractivity (Wildman–Crippen MR) is 82.9 cm³/mol. The summed E-state index contributed by atoms with van der Waals surface area (Å²) >= 11 is 1.66. The van der Waals surface area contributed by atoms with E-state index < -0.39 is 0 Å². The first-order valence-electron chi connectivity index (χ1n) is 6.26. The Kier molecular flexibility index (Phi) is 3.23. The molecule has 0 aliphatic heterocycles. The van der Waals surface area contributed by atoms with Crippen molar-refractivity contribution in [3.8, 4) is 0 Å². The number of fused-ring (bicyclic) bond motifs is 1. The standard InChI is InChI=1S/C14H15N5S/c1-9-18-11(7-20-9)6-19(2)14-12-4-3-10(15)5-13(12)16-8-17-14/h3-5,7-8H,6,15H2,1-2H3. The molecule has 0 aliphatic rings. The molecule has 0 radical (unpaired) electrons. The smallest absolute Gasteiger partial charge is 0.139 e. The molecular formula is C14H15N5S. The molecule has 0 saturated carbocycles. The van der Waals surface area contributed by atoms with Crippen molar-refractivity contribution in [2.75, 3.05) is 17.7 Å². The fourth-order valence-corrected chi connectivity index (χ4v) is 2.77. The molecule has 0 spiro atoms. The van der Waals surface area contributed by atoms with Crippen molar-refractivity contribution in [3.63, 3.8) is 0 Å². The van der Waals surface area contributed by atoms with Crippen LogP contribution in [0.5, 0.6) is 0 Å². The molecule has 0 amide bonds. The number of benzene rings is 1. The molecule has 6 heteroatoms. The third-order valence-corrected chi connectivity index (χ3v) is 3.89. The second-order valence-corrected chi connectivity index (χ2v) is 5.75. The number of anilines is 2. The molecule has 0 bridgehead atoms. The van der Waals surface area contributed by atoms with E-state index in [1.807, 2.05) is 32.2 Å². The highest BCUT2D eigenvalue weighted by molar-refractivity contribution is 7.09. The third kappa shape index (κ3) is 2.42. The van der Waals surface area contributed by atoms with Crippen LogP contribution in [0, 0.1) is 6.92 Å². The van der Waals surface area contributed by atoms with Gasteiger partial charge in [0.15, 0.2) is 0 Å². The molecule has 102 valence electrons. The number of thiazole rings is 1. The van der Waals surface area contributed by atoms with Crippen LogP contribution >= 0.6 is 11.3 Å². The van der Waals surface area contributed by atoms with E-state index in [1.54, 1.807) is 17.7 Å². The van der Waals surface area contributed by atoms with Gasteiger partial charge < -0.3 is 10.6 Å². The van der Waals surface area contributed by atoms with Crippen LogP contribution in [0.2, 0.25) is 0 Å². The van der Waals surface area contributed by atoms with Gasteiger partial charge >= 0.3 is 0 Å². The normalized spacial score (nSPS) is 10.9. The zero-order valence-corrected chi connectivity index (χ0v) is 12.2. The van der Waals surface area contributed by atoms with E-state index in [2.05, 4.69) is 25.2 Å². The summed E-state index contributed by atoms with van der Waals surface area (Å²) in [7, 11) is 2.01. The first-order valence-corrected chi connectivity index (χ1v) is 7.14. The minimum absolute atomic E-state index is 0.708. The van der Waals surface area contributed by atoms with Crippen LogP contribution in [0.25, 0.3) is 10.9 Å². The highest BCUT2D eigenvalue weighted by atomic mass is 32.1. The fourth-order valence-electron chi connectivity index (χ4n) is 2.16. The van der Waals surface area contributed by atoms with Gasteiger partial charge in [-0.05, 0) is 25.1 Å². The predicted octanol–water partition coefficient (Wildman–Crippen LogP) is 2.61. The molecular weight excluding hydrogens is 270 g/mol. The number of nitrogen functional groups attached to an aromatic ring is 1. The lowest BCUT2D eigenvalue weighted by molar-refractivity contribution is 0.872. The number of rotatable bonds is 3. The van der Waals surface area contributed by atoms with E-state index in [9.17, 15) is 0 Å². The number of aryl methyl sites for hydroxylation is 1. The molecule has 0 aliphatic carbocycles. The van der Waals surface area contributed by atoms with Crippen molar-refractivity contribution in [2.45, 2.75) is 13.5 Å². The molecule has 2 heterocycles. The molecule has 3 aromatic rings. The van der Waals surface area contributed by atoms with Crippen molar-refractivity contribution in [1.29, 1.82) is 0 Å². The zero-order valence-electron chi connectivity index (χ0n) is 11.4. The van der Waals surface area contributed by atoms with Crippen LogP contribution in [0.1, 0.15) is 10.7 Å². The third-order valence-electron chi connectivity index (χ3n) is 3.07. The van der Waals surface area contributed by atoms with Gasteiger partial charge in [-0.15, -0.1) is 11.3 Å². The van der Waals surface area contributed by atoms with Gasteiger partial charge in [0.25, 0.3) is 0 Å². The van der Waals surface area contributed by atoms with Gasteiger partial charge in [0.05, 0.1) is 22.8 Å². The number of nitrogens with two attached hydrogens (primary N) is 1. The van der Waals surface area contributed by atoms with Crippen molar-refractivity contribution >= 4 is 33.7 Å². The molecule has 0 atom stereocenters. The maximum atomic E-state index is 5.79. The lowest BCUT2D eigenvalue weighted by atomic mass is 10.2. The first-order chi connectivity index (χ1) is 9.63. The second kappa shape index (κ2) is 5.05. The summed E-state index contributed by atoms with van der Waals surface area (Å²) in [6.45, 7) is 2.73. The summed E-state index contributed by atoms with van der Waals surface area (Å²) in [4.78, 5) is 15.2. The van der Waals surface area contributed by atoms with Gasteiger partial charge in [-0.25, -0.2) is 15.0 Å². The van der Waals surface area contributed by atoms with Crippen LogP contribution in [0.15, 0.2) is 29.9 Å². The van der Waals surface area contributed by atoms with Crippen molar-refractivity contribution in [2.24, 2.45) is 0 Å². The minimum Gasteiger partial charge on any atom is -0.399 e. The van der Waals surface area contributed by atoms with Gasteiger partial charge in [0.1, 0.15) is 12.1 Å². The lowest BCUT2D eigenvalue weighted by Gasteiger charge is -2.18.